The number of amides is 1. The molecule has 0 aliphatic heterocycles. The maximum Gasteiger partial charge on any atom is 0.339 e. The number of halogens is 1. The Morgan fingerprint density at radius 1 is 1.14 bits per heavy atom. The van der Waals surface area contributed by atoms with Gasteiger partial charge in [-0.2, -0.15) is 0 Å². The normalized spacial score (nSPS) is 10.2. The van der Waals surface area contributed by atoms with Crippen molar-refractivity contribution in [3.8, 4) is 0 Å². The van der Waals surface area contributed by atoms with Gasteiger partial charge >= 0.3 is 5.97 Å². The highest BCUT2D eigenvalue weighted by Gasteiger charge is 2.17. The second kappa shape index (κ2) is 5.97. The van der Waals surface area contributed by atoms with Crippen molar-refractivity contribution in [2.75, 3.05) is 5.32 Å². The first kappa shape index (κ1) is 15.1. The number of carbonyl (C=O) groups excluding carboxylic acids is 1. The zero-order valence-electron chi connectivity index (χ0n) is 11.6. The van der Waals surface area contributed by atoms with Crippen molar-refractivity contribution >= 4 is 29.2 Å². The molecule has 1 amide bonds. The van der Waals surface area contributed by atoms with Crippen molar-refractivity contribution in [2.45, 2.75) is 13.8 Å². The van der Waals surface area contributed by atoms with Crippen LogP contribution in [0, 0.1) is 13.8 Å². The number of carbonyl (C=O) groups is 2. The maximum atomic E-state index is 12.3. The Kier molecular flexibility index (Phi) is 4.29. The van der Waals surface area contributed by atoms with E-state index in [-0.39, 0.29) is 22.2 Å². The Balaban J connectivity index is 2.36. The zero-order chi connectivity index (χ0) is 15.6. The molecule has 0 fully saturated rings. The number of aromatic carboxylic acids is 1. The minimum Gasteiger partial charge on any atom is -0.478 e. The molecule has 0 atom stereocenters. The van der Waals surface area contributed by atoms with Gasteiger partial charge in [-0.3, -0.25) is 4.79 Å². The van der Waals surface area contributed by atoms with Gasteiger partial charge in [0.05, 0.1) is 10.7 Å². The van der Waals surface area contributed by atoms with Crippen LogP contribution in [-0.2, 0) is 0 Å². The second-order valence-corrected chi connectivity index (χ2v) is 5.15. The van der Waals surface area contributed by atoms with Gasteiger partial charge in [-0.25, -0.2) is 4.79 Å². The van der Waals surface area contributed by atoms with Crippen molar-refractivity contribution in [3.63, 3.8) is 0 Å². The third-order valence-corrected chi connectivity index (χ3v) is 3.42. The van der Waals surface area contributed by atoms with Crippen LogP contribution in [0.3, 0.4) is 0 Å². The Hall–Kier alpha value is -2.33. The van der Waals surface area contributed by atoms with E-state index in [0.29, 0.717) is 5.56 Å². The van der Waals surface area contributed by atoms with Crippen LogP contribution >= 0.6 is 11.6 Å². The van der Waals surface area contributed by atoms with Gasteiger partial charge < -0.3 is 10.4 Å². The maximum absolute atomic E-state index is 12.3. The molecular formula is C16H14ClNO3. The number of carboxylic acid groups (broad SMARTS) is 1. The topological polar surface area (TPSA) is 66.4 Å². The summed E-state index contributed by atoms with van der Waals surface area (Å²) < 4.78 is 0. The number of hydrogen-bond donors (Lipinski definition) is 2. The monoisotopic (exact) mass is 303 g/mol. The largest absolute Gasteiger partial charge is 0.478 e. The van der Waals surface area contributed by atoms with E-state index in [1.165, 1.54) is 12.1 Å². The lowest BCUT2D eigenvalue weighted by atomic mass is 10.0. The first-order valence-electron chi connectivity index (χ1n) is 6.30. The molecule has 0 saturated heterocycles. The Morgan fingerprint density at radius 3 is 2.48 bits per heavy atom. The van der Waals surface area contributed by atoms with Gasteiger partial charge in [0.25, 0.3) is 5.91 Å². The summed E-state index contributed by atoms with van der Waals surface area (Å²) in [5.41, 5.74) is 2.44. The number of nitrogens with one attached hydrogen (secondary N) is 1. The van der Waals surface area contributed by atoms with Crippen LogP contribution in [-0.4, -0.2) is 17.0 Å². The summed E-state index contributed by atoms with van der Waals surface area (Å²) in [6.07, 6.45) is 0. The summed E-state index contributed by atoms with van der Waals surface area (Å²) in [7, 11) is 0. The SMILES string of the molecule is Cc1ccc(C(=O)Nc2cccc(Cl)c2C(=O)O)c(C)c1. The molecular weight excluding hydrogens is 290 g/mol. The lowest BCUT2D eigenvalue weighted by molar-refractivity contribution is 0.0698. The average Bonchev–Trinajstić information content (AvgIpc) is 2.37. The first-order chi connectivity index (χ1) is 9.90. The molecule has 4 nitrogen and oxygen atoms in total. The fourth-order valence-corrected chi connectivity index (χ4v) is 2.36. The highest BCUT2D eigenvalue weighted by atomic mass is 35.5. The van der Waals surface area contributed by atoms with Crippen LogP contribution in [0.1, 0.15) is 31.8 Å². The summed E-state index contributed by atoms with van der Waals surface area (Å²) in [5.74, 6) is -1.55. The molecule has 5 heteroatoms. The third kappa shape index (κ3) is 3.23. The first-order valence-corrected chi connectivity index (χ1v) is 6.68. The number of aryl methyl sites for hydroxylation is 2. The van der Waals surface area contributed by atoms with E-state index in [1.54, 1.807) is 12.1 Å². The summed E-state index contributed by atoms with van der Waals surface area (Å²) in [4.78, 5) is 23.5. The number of carboxylic acids is 1. The summed E-state index contributed by atoms with van der Waals surface area (Å²) in [6, 6.07) is 10.0. The Bertz CT molecular complexity index is 725. The predicted octanol–water partition coefficient (Wildman–Crippen LogP) is 3.91. The fourth-order valence-electron chi connectivity index (χ4n) is 2.10. The number of anilines is 1. The van der Waals surface area contributed by atoms with E-state index >= 15 is 0 Å². The van der Waals surface area contributed by atoms with Crippen molar-refractivity contribution in [1.82, 2.24) is 0 Å². The number of benzene rings is 2. The predicted molar refractivity (Wildman–Crippen MR) is 82.3 cm³/mol. The minimum atomic E-state index is -1.18. The molecule has 0 aromatic heterocycles. The van der Waals surface area contributed by atoms with E-state index in [4.69, 9.17) is 11.6 Å². The van der Waals surface area contributed by atoms with Gasteiger partial charge in [-0.05, 0) is 37.6 Å². The number of rotatable bonds is 3. The highest BCUT2D eigenvalue weighted by molar-refractivity contribution is 6.34. The highest BCUT2D eigenvalue weighted by Crippen LogP contribution is 2.25. The van der Waals surface area contributed by atoms with Crippen molar-refractivity contribution in [3.05, 3.63) is 63.7 Å². The Morgan fingerprint density at radius 2 is 1.86 bits per heavy atom. The molecule has 2 aromatic rings. The molecule has 2 rings (SSSR count). The quantitative estimate of drug-likeness (QED) is 0.903. The molecule has 2 aromatic carbocycles. The molecule has 21 heavy (non-hydrogen) atoms. The van der Waals surface area contributed by atoms with Gasteiger partial charge in [-0.15, -0.1) is 0 Å². The number of hydrogen-bond acceptors (Lipinski definition) is 2. The second-order valence-electron chi connectivity index (χ2n) is 4.74. The van der Waals surface area contributed by atoms with Gasteiger partial charge in [0, 0.05) is 5.56 Å². The minimum absolute atomic E-state index is 0.0842. The van der Waals surface area contributed by atoms with E-state index in [2.05, 4.69) is 5.32 Å². The fraction of sp³-hybridized carbons (Fsp3) is 0.125. The van der Waals surface area contributed by atoms with Crippen LogP contribution in [0.25, 0.3) is 0 Å². The van der Waals surface area contributed by atoms with Gasteiger partial charge in [0.1, 0.15) is 5.56 Å². The molecule has 0 aliphatic rings. The van der Waals surface area contributed by atoms with E-state index in [9.17, 15) is 14.7 Å². The molecule has 0 spiro atoms. The summed E-state index contributed by atoms with van der Waals surface area (Å²) in [5, 5.41) is 11.9. The molecule has 0 aliphatic carbocycles. The average molecular weight is 304 g/mol. The Labute approximate surface area is 127 Å². The zero-order valence-corrected chi connectivity index (χ0v) is 12.4. The summed E-state index contributed by atoms with van der Waals surface area (Å²) >= 11 is 5.87. The van der Waals surface area contributed by atoms with Gasteiger partial charge in [0.15, 0.2) is 0 Å². The van der Waals surface area contributed by atoms with E-state index < -0.39 is 5.97 Å². The van der Waals surface area contributed by atoms with Crippen LogP contribution in [0.4, 0.5) is 5.69 Å². The van der Waals surface area contributed by atoms with E-state index in [1.807, 2.05) is 26.0 Å². The molecule has 108 valence electrons. The van der Waals surface area contributed by atoms with Crippen molar-refractivity contribution in [1.29, 1.82) is 0 Å². The van der Waals surface area contributed by atoms with Crippen molar-refractivity contribution in [2.24, 2.45) is 0 Å². The molecule has 0 unspecified atom stereocenters. The van der Waals surface area contributed by atoms with Crippen molar-refractivity contribution < 1.29 is 14.7 Å². The molecule has 0 bridgehead atoms. The van der Waals surface area contributed by atoms with Crippen LogP contribution < -0.4 is 5.32 Å². The lowest BCUT2D eigenvalue weighted by Crippen LogP contribution is -2.16. The van der Waals surface area contributed by atoms with Crippen LogP contribution in [0.15, 0.2) is 36.4 Å². The lowest BCUT2D eigenvalue weighted by Gasteiger charge is -2.11. The summed E-state index contributed by atoms with van der Waals surface area (Å²) in [6.45, 7) is 3.77. The van der Waals surface area contributed by atoms with Gasteiger partial charge in [-0.1, -0.05) is 35.4 Å². The smallest absolute Gasteiger partial charge is 0.339 e. The van der Waals surface area contributed by atoms with Crippen LogP contribution in [0.5, 0.6) is 0 Å². The molecule has 2 N–H and O–H groups in total. The third-order valence-electron chi connectivity index (χ3n) is 3.10. The van der Waals surface area contributed by atoms with Crippen LogP contribution in [0.2, 0.25) is 5.02 Å². The van der Waals surface area contributed by atoms with E-state index in [0.717, 1.165) is 11.1 Å². The van der Waals surface area contributed by atoms with Gasteiger partial charge in [0.2, 0.25) is 0 Å². The molecule has 0 heterocycles. The molecule has 0 radical (unpaired) electrons. The molecule has 0 saturated carbocycles. The standard InChI is InChI=1S/C16H14ClNO3/c1-9-6-7-11(10(2)8-9)15(19)18-13-5-3-4-12(17)14(13)16(20)21/h3-8H,1-2H3,(H,18,19)(H,20,21).